The lowest BCUT2D eigenvalue weighted by Gasteiger charge is -2.35. The fourth-order valence-corrected chi connectivity index (χ4v) is 1.53. The first-order chi connectivity index (χ1) is 9.82. The molecule has 1 saturated heterocycles. The van der Waals surface area contributed by atoms with Crippen molar-refractivity contribution in [2.24, 2.45) is 5.16 Å². The molecule has 12 heteroatoms. The van der Waals surface area contributed by atoms with Gasteiger partial charge in [0.25, 0.3) is 17.6 Å². The molecule has 114 valence electrons. The molecule has 2 N–H and O–H groups in total. The molecule has 1 fully saturated rings. The maximum Gasteiger partial charge on any atom is 0.453 e. The van der Waals surface area contributed by atoms with Crippen LogP contribution in [0.25, 0.3) is 0 Å². The van der Waals surface area contributed by atoms with Gasteiger partial charge >= 0.3 is 6.18 Å². The van der Waals surface area contributed by atoms with Crippen molar-refractivity contribution in [3.8, 4) is 0 Å². The van der Waals surface area contributed by atoms with Gasteiger partial charge in [0.1, 0.15) is 19.4 Å². The van der Waals surface area contributed by atoms with Gasteiger partial charge in [0.05, 0.1) is 6.54 Å². The summed E-state index contributed by atoms with van der Waals surface area (Å²) in [6.45, 7) is -0.0299. The molecule has 1 atom stereocenters. The van der Waals surface area contributed by atoms with E-state index in [1.807, 2.05) is 5.10 Å². The number of hydrogen-bond donors (Lipinski definition) is 2. The fraction of sp³-hybridized carbons (Fsp3) is 0.444. The van der Waals surface area contributed by atoms with Gasteiger partial charge in [-0.3, -0.25) is 14.5 Å². The maximum atomic E-state index is 12.3. The summed E-state index contributed by atoms with van der Waals surface area (Å²) in [7, 11) is 1.24. The van der Waals surface area contributed by atoms with Crippen molar-refractivity contribution in [3.63, 3.8) is 0 Å². The summed E-state index contributed by atoms with van der Waals surface area (Å²) < 4.78 is 37.0. The highest BCUT2D eigenvalue weighted by Gasteiger charge is 2.42. The summed E-state index contributed by atoms with van der Waals surface area (Å²) in [5.74, 6) is -2.98. The number of aromatic amines is 1. The third kappa shape index (κ3) is 3.09. The van der Waals surface area contributed by atoms with Crippen LogP contribution in [0.1, 0.15) is 5.82 Å². The molecule has 0 aliphatic carbocycles. The Balaban J connectivity index is 1.95. The molecule has 2 amide bonds. The minimum absolute atomic E-state index is 0.0299. The number of carbonyl (C=O) groups excluding carboxylic acids is 2. The molecule has 0 spiro atoms. The van der Waals surface area contributed by atoms with Gasteiger partial charge in [-0.25, -0.2) is 5.10 Å². The number of nitrogens with one attached hydrogen (secondary N) is 2. The Hall–Kier alpha value is -2.66. The predicted molar refractivity (Wildman–Crippen MR) is 61.2 cm³/mol. The van der Waals surface area contributed by atoms with Gasteiger partial charge < -0.3 is 10.2 Å². The zero-order valence-electron chi connectivity index (χ0n) is 10.5. The maximum absolute atomic E-state index is 12.3. The van der Waals surface area contributed by atoms with Crippen LogP contribution in [-0.4, -0.2) is 52.9 Å². The van der Waals surface area contributed by atoms with Crippen LogP contribution in [0.4, 0.5) is 19.1 Å². The van der Waals surface area contributed by atoms with Crippen molar-refractivity contribution in [2.45, 2.75) is 12.2 Å². The largest absolute Gasteiger partial charge is 0.453 e. The third-order valence-electron chi connectivity index (χ3n) is 2.50. The molecular formula is C9H9F3N6O3. The summed E-state index contributed by atoms with van der Waals surface area (Å²) in [5.41, 5.74) is 0. The zero-order valence-corrected chi connectivity index (χ0v) is 10.5. The van der Waals surface area contributed by atoms with E-state index in [9.17, 15) is 22.8 Å². The van der Waals surface area contributed by atoms with E-state index in [0.717, 1.165) is 11.1 Å². The molecule has 0 bridgehead atoms. The van der Waals surface area contributed by atoms with Crippen molar-refractivity contribution in [3.05, 3.63) is 5.82 Å². The minimum Gasteiger partial charge on any atom is -0.399 e. The lowest BCUT2D eigenvalue weighted by molar-refractivity contribution is -0.144. The first-order valence-electron chi connectivity index (χ1n) is 5.51. The van der Waals surface area contributed by atoms with Gasteiger partial charge in [0.15, 0.2) is 0 Å². The Bertz CT molecular complexity index is 584. The van der Waals surface area contributed by atoms with Gasteiger partial charge in [-0.2, -0.15) is 18.2 Å². The van der Waals surface area contributed by atoms with Crippen molar-refractivity contribution < 1.29 is 27.6 Å². The van der Waals surface area contributed by atoms with E-state index in [0.29, 0.717) is 0 Å². The Morgan fingerprint density at radius 1 is 1.62 bits per heavy atom. The fourth-order valence-electron chi connectivity index (χ4n) is 1.53. The average molecular weight is 306 g/mol. The van der Waals surface area contributed by atoms with Crippen molar-refractivity contribution in [1.82, 2.24) is 20.5 Å². The number of amides is 2. The summed E-state index contributed by atoms with van der Waals surface area (Å²) >= 11 is 0. The second-order valence-electron chi connectivity index (χ2n) is 3.91. The highest BCUT2D eigenvalue weighted by molar-refractivity contribution is 6.27. The van der Waals surface area contributed by atoms with Crippen molar-refractivity contribution in [1.29, 1.82) is 0 Å². The monoisotopic (exact) mass is 306 g/mol. The van der Waals surface area contributed by atoms with Crippen molar-refractivity contribution in [2.75, 3.05) is 18.6 Å². The number of β-lactam (4-membered cyclic amide) rings is 1. The first-order valence-corrected chi connectivity index (χ1v) is 5.51. The summed E-state index contributed by atoms with van der Waals surface area (Å²) in [4.78, 5) is 31.3. The predicted octanol–water partition coefficient (Wildman–Crippen LogP) is -0.713. The molecule has 0 radical (unpaired) electrons. The van der Waals surface area contributed by atoms with E-state index in [2.05, 4.69) is 25.4 Å². The molecule has 9 nitrogen and oxygen atoms in total. The molecule has 1 aromatic rings. The van der Waals surface area contributed by atoms with Gasteiger partial charge in [-0.15, -0.1) is 5.10 Å². The Morgan fingerprint density at radius 2 is 2.33 bits per heavy atom. The van der Waals surface area contributed by atoms with E-state index in [4.69, 9.17) is 0 Å². The number of nitrogens with zero attached hydrogens (tertiary/aromatic N) is 4. The van der Waals surface area contributed by atoms with E-state index in [1.165, 1.54) is 7.11 Å². The van der Waals surface area contributed by atoms with Crippen LogP contribution in [-0.2, 0) is 20.6 Å². The number of hydrogen-bond acceptors (Lipinski definition) is 6. The van der Waals surface area contributed by atoms with Crippen LogP contribution in [0.5, 0.6) is 0 Å². The number of H-pyrrole nitrogens is 1. The number of aromatic nitrogens is 3. The van der Waals surface area contributed by atoms with Crippen LogP contribution < -0.4 is 10.2 Å². The Labute approximate surface area is 115 Å². The lowest BCUT2D eigenvalue weighted by Crippen LogP contribution is -2.64. The number of anilines is 1. The van der Waals surface area contributed by atoms with Crippen LogP contribution in [0.15, 0.2) is 5.16 Å². The molecular weight excluding hydrogens is 297 g/mol. The summed E-state index contributed by atoms with van der Waals surface area (Å²) in [6.07, 6.45) is -3.88. The highest BCUT2D eigenvalue weighted by Crippen LogP contribution is 2.28. The van der Waals surface area contributed by atoms with Gasteiger partial charge in [-0.1, -0.05) is 5.16 Å². The van der Waals surface area contributed by atoms with E-state index < -0.39 is 29.9 Å². The normalized spacial score (nSPS) is 18.8. The second-order valence-corrected chi connectivity index (χ2v) is 3.91. The molecule has 21 heavy (non-hydrogen) atoms. The van der Waals surface area contributed by atoms with Crippen LogP contribution in [0, 0.1) is 0 Å². The smallest absolute Gasteiger partial charge is 0.399 e. The Morgan fingerprint density at radius 3 is 2.86 bits per heavy atom. The third-order valence-corrected chi connectivity index (χ3v) is 2.50. The molecule has 0 saturated carbocycles. The SMILES string of the molecule is CON=CC(=O)NC1CN(c2nc(C(F)(F)F)n[nH]2)C1=O. The van der Waals surface area contributed by atoms with E-state index in [-0.39, 0.29) is 12.5 Å². The molecule has 2 heterocycles. The van der Waals surface area contributed by atoms with Crippen molar-refractivity contribution >= 4 is 24.0 Å². The lowest BCUT2D eigenvalue weighted by atomic mass is 10.1. The highest BCUT2D eigenvalue weighted by atomic mass is 19.4. The molecule has 2 rings (SSSR count). The van der Waals surface area contributed by atoms with Gasteiger partial charge in [0, 0.05) is 0 Å². The van der Waals surface area contributed by atoms with Crippen LogP contribution in [0.3, 0.4) is 0 Å². The number of rotatable bonds is 4. The molecule has 1 unspecified atom stereocenters. The number of oxime groups is 1. The van der Waals surface area contributed by atoms with E-state index >= 15 is 0 Å². The summed E-state index contributed by atoms with van der Waals surface area (Å²) in [6, 6.07) is -0.861. The average Bonchev–Trinajstić information content (AvgIpc) is 2.89. The molecule has 1 aliphatic heterocycles. The standard InChI is InChI=1S/C9H9F3N6O3/c1-21-13-2-5(19)14-4-3-18(6(4)20)8-15-7(16-17-8)9(10,11)12/h2,4H,3H2,1H3,(H,14,19)(H,15,16,17). The topological polar surface area (TPSA) is 113 Å². The van der Waals surface area contributed by atoms with Gasteiger partial charge in [0.2, 0.25) is 5.95 Å². The number of alkyl halides is 3. The number of carbonyl (C=O) groups is 2. The molecule has 1 aromatic heterocycles. The van der Waals surface area contributed by atoms with Gasteiger partial charge in [-0.05, 0) is 0 Å². The molecule has 1 aliphatic rings. The quantitative estimate of drug-likeness (QED) is 0.433. The first kappa shape index (κ1) is 14.7. The van der Waals surface area contributed by atoms with Crippen LogP contribution >= 0.6 is 0 Å². The van der Waals surface area contributed by atoms with E-state index in [1.54, 1.807) is 0 Å². The summed E-state index contributed by atoms with van der Waals surface area (Å²) in [5, 5.41) is 10.5. The second kappa shape index (κ2) is 5.38. The Kier molecular flexibility index (Phi) is 3.78. The zero-order chi connectivity index (χ0) is 15.6. The van der Waals surface area contributed by atoms with Crippen LogP contribution in [0.2, 0.25) is 0 Å². The molecule has 0 aromatic carbocycles. The minimum atomic E-state index is -4.70. The number of halogens is 3.